The minimum absolute atomic E-state index is 0.0458. The van der Waals surface area contributed by atoms with Crippen molar-refractivity contribution in [2.75, 3.05) is 0 Å². The highest BCUT2D eigenvalue weighted by molar-refractivity contribution is 9.10. The van der Waals surface area contributed by atoms with E-state index in [9.17, 15) is 10.2 Å². The SMILES string of the molecule is [2H]C(O)c1c(Cl)nc(C([2H])C([2H])([2H])C([2H])([2H])C([2H])([2H])[2H])n1Cc1ccc(-c2ccccc2-c2nnn(C(c3ccccc3)(c3ccccc3)c3ccccc3)n2)cc1.[2H]C(O)c1c(Cl)nc(C([2H])C([2H])([2H])C([2H])([2H])C([2H])([2H])[2H])n1Cc1ccc(Br)cc1. The third-order valence-electron chi connectivity index (χ3n) is 11.1. The number of aromatic nitrogens is 8. The van der Waals surface area contributed by atoms with Gasteiger partial charge in [0.15, 0.2) is 15.8 Å². The molecular formula is C56H55BrCl2N8O2. The molecule has 2 N–H and O–H groups in total. The zero-order valence-electron chi connectivity index (χ0n) is 54.4. The van der Waals surface area contributed by atoms with Gasteiger partial charge < -0.3 is 19.3 Å². The van der Waals surface area contributed by atoms with Crippen LogP contribution in [0.2, 0.25) is 10.3 Å². The summed E-state index contributed by atoms with van der Waals surface area (Å²) in [6, 6.07) is 51.7. The minimum atomic E-state index is -3.45. The summed E-state index contributed by atoms with van der Waals surface area (Å²) in [5, 5.41) is 33.7. The van der Waals surface area contributed by atoms with Crippen molar-refractivity contribution in [2.45, 2.75) is 83.8 Å². The molecule has 0 aliphatic carbocycles. The first-order valence-corrected chi connectivity index (χ1v) is 22.7. The van der Waals surface area contributed by atoms with Crippen LogP contribution in [0.5, 0.6) is 0 Å². The van der Waals surface area contributed by atoms with E-state index >= 15 is 0 Å². The van der Waals surface area contributed by atoms with Gasteiger partial charge in [0.1, 0.15) is 11.6 Å². The summed E-state index contributed by atoms with van der Waals surface area (Å²) < 4.78 is 145. The summed E-state index contributed by atoms with van der Waals surface area (Å²) in [4.78, 5) is 9.55. The lowest BCUT2D eigenvalue weighted by molar-refractivity contribution is 0.271. The molecule has 0 aliphatic rings. The Morgan fingerprint density at radius 1 is 0.580 bits per heavy atom. The van der Waals surface area contributed by atoms with Crippen LogP contribution >= 0.6 is 39.1 Å². The van der Waals surface area contributed by atoms with Crippen molar-refractivity contribution in [2.24, 2.45) is 0 Å². The third-order valence-corrected chi connectivity index (χ3v) is 12.2. The van der Waals surface area contributed by atoms with E-state index in [1.54, 1.807) is 41.2 Å². The minimum Gasteiger partial charge on any atom is -0.390 e. The second-order valence-electron chi connectivity index (χ2n) is 15.1. The van der Waals surface area contributed by atoms with Crippen LogP contribution in [0.4, 0.5) is 0 Å². The maximum absolute atomic E-state index is 10.3. The number of hydrogen-bond donors (Lipinski definition) is 2. The molecule has 13 heteroatoms. The summed E-state index contributed by atoms with van der Waals surface area (Å²) >= 11 is 15.6. The number of tetrazole rings is 1. The van der Waals surface area contributed by atoms with E-state index in [-0.39, 0.29) is 34.8 Å². The predicted molar refractivity (Wildman–Crippen MR) is 279 cm³/mol. The van der Waals surface area contributed by atoms with Crippen LogP contribution in [0.1, 0.15) is 115 Å². The molecule has 0 radical (unpaired) electrons. The van der Waals surface area contributed by atoms with E-state index in [2.05, 4.69) is 36.2 Å². The van der Waals surface area contributed by atoms with E-state index in [1.165, 1.54) is 0 Å². The molecule has 352 valence electrons. The van der Waals surface area contributed by atoms with E-state index < -0.39 is 82.3 Å². The molecular weight excluding hydrogens is 967 g/mol. The number of imidazole rings is 2. The number of halogens is 3. The van der Waals surface area contributed by atoms with Gasteiger partial charge in [0, 0.05) is 57.9 Å². The van der Waals surface area contributed by atoms with Gasteiger partial charge >= 0.3 is 0 Å². The number of benzene rings is 6. The van der Waals surface area contributed by atoms with Gasteiger partial charge in [0.2, 0.25) is 5.82 Å². The predicted octanol–water partition coefficient (Wildman–Crippen LogP) is 12.8. The molecule has 3 aromatic heterocycles. The second kappa shape index (κ2) is 23.4. The van der Waals surface area contributed by atoms with E-state index in [4.69, 9.17) is 53.0 Å². The van der Waals surface area contributed by atoms with Gasteiger partial charge in [-0.15, -0.1) is 15.0 Å². The maximum Gasteiger partial charge on any atom is 0.205 e. The molecule has 10 nitrogen and oxygen atoms in total. The van der Waals surface area contributed by atoms with Crippen LogP contribution in [0.3, 0.4) is 0 Å². The van der Waals surface area contributed by atoms with Crippen molar-refractivity contribution in [1.82, 2.24) is 39.3 Å². The molecule has 0 fully saturated rings. The molecule has 0 saturated carbocycles. The lowest BCUT2D eigenvalue weighted by atomic mass is 9.77. The molecule has 0 amide bonds. The van der Waals surface area contributed by atoms with Gasteiger partial charge in [0.25, 0.3) is 0 Å². The molecule has 3 heterocycles. The molecule has 0 aliphatic heterocycles. The number of rotatable bonds is 18. The third kappa shape index (κ3) is 11.0. The monoisotopic (exact) mass is 1040 g/mol. The zero-order chi connectivity index (χ0) is 63.8. The quantitative estimate of drug-likeness (QED) is 0.0821. The molecule has 0 spiro atoms. The number of aliphatic hydroxyl groups is 2. The van der Waals surface area contributed by atoms with Crippen LogP contribution in [0.15, 0.2) is 168 Å². The fourth-order valence-corrected chi connectivity index (χ4v) is 8.67. The number of nitrogens with zero attached hydrogens (tertiary/aromatic N) is 8. The second-order valence-corrected chi connectivity index (χ2v) is 16.8. The fourth-order valence-electron chi connectivity index (χ4n) is 7.93. The van der Waals surface area contributed by atoms with Gasteiger partial charge in [-0.25, -0.2) is 9.97 Å². The number of aryl methyl sites for hydroxylation is 2. The Morgan fingerprint density at radius 3 is 1.46 bits per heavy atom. The van der Waals surface area contributed by atoms with Gasteiger partial charge in [-0.1, -0.05) is 217 Å². The molecule has 4 atom stereocenters. The van der Waals surface area contributed by atoms with Crippen LogP contribution in [-0.4, -0.2) is 49.5 Å². The van der Waals surface area contributed by atoms with Gasteiger partial charge in [-0.2, -0.15) is 0 Å². The van der Waals surface area contributed by atoms with Crippen molar-refractivity contribution in [1.29, 1.82) is 0 Å². The summed E-state index contributed by atoms with van der Waals surface area (Å²) in [5.41, 5.74) is 4.89. The Morgan fingerprint density at radius 2 is 1.01 bits per heavy atom. The Kier molecular flexibility index (Phi) is 10.5. The van der Waals surface area contributed by atoms with Crippen molar-refractivity contribution in [3.63, 3.8) is 0 Å². The smallest absolute Gasteiger partial charge is 0.205 e. The molecule has 9 aromatic rings. The van der Waals surface area contributed by atoms with Crippen molar-refractivity contribution in [3.05, 3.63) is 229 Å². The van der Waals surface area contributed by atoms with Gasteiger partial charge in [0.05, 0.1) is 27.3 Å². The number of hydrogen-bond acceptors (Lipinski definition) is 7. The van der Waals surface area contributed by atoms with Crippen molar-refractivity contribution >= 4 is 39.1 Å². The first-order chi connectivity index (χ1) is 40.7. The van der Waals surface area contributed by atoms with Crippen LogP contribution < -0.4 is 0 Å². The van der Waals surface area contributed by atoms with E-state index in [0.717, 1.165) is 41.4 Å². The number of aliphatic hydroxyl groups excluding tert-OH is 2. The molecule has 69 heavy (non-hydrogen) atoms. The highest BCUT2D eigenvalue weighted by Crippen LogP contribution is 2.40. The van der Waals surface area contributed by atoms with E-state index in [1.807, 2.05) is 127 Å². The Bertz CT molecular complexity index is 3700. The highest BCUT2D eigenvalue weighted by atomic mass is 79.9. The summed E-state index contributed by atoms with van der Waals surface area (Å²) in [6.45, 7) is -10.7. The topological polar surface area (TPSA) is 120 Å². The van der Waals surface area contributed by atoms with E-state index in [0.29, 0.717) is 22.5 Å². The molecule has 6 aromatic carbocycles. The normalized spacial score (nSPS) is 18.3. The average molecular weight is 1040 g/mol. The molecule has 0 saturated heterocycles. The Hall–Kier alpha value is -6.21. The first-order valence-electron chi connectivity index (χ1n) is 30.5. The molecule has 4 unspecified atom stereocenters. The van der Waals surface area contributed by atoms with Crippen LogP contribution in [0.25, 0.3) is 22.5 Å². The Balaban J connectivity index is 0.000000285. The summed E-state index contributed by atoms with van der Waals surface area (Å²) in [6.07, 6.45) is -17.6. The Labute approximate surface area is 447 Å². The summed E-state index contributed by atoms with van der Waals surface area (Å²) in [5.74, 6) is -0.450. The molecule has 0 bridgehead atoms. The first kappa shape index (κ1) is 31.1. The zero-order valence-corrected chi connectivity index (χ0v) is 39.5. The average Bonchev–Trinajstić information content (AvgIpc) is 1.83. The van der Waals surface area contributed by atoms with Crippen molar-refractivity contribution in [3.8, 4) is 22.5 Å². The largest absolute Gasteiger partial charge is 0.390 e. The fraction of sp³-hybridized carbons (Fsp3) is 0.232. The highest BCUT2D eigenvalue weighted by Gasteiger charge is 2.41. The standard InChI is InChI=1S/C41H37ClN6O.C15H18BrClN2O/c1-2-3-23-38-43-39(42)37(29-49)47(38)28-30-24-26-31(27-25-30)35-21-13-14-22-36(35)40-44-46-48(45-40)41(32-15-7-4-8-16-32,33-17-9-5-10-18-33)34-19-11-6-12-20-34;1-2-3-4-14-18-15(17)13(10-20)19(14)9-11-5-7-12(16)8-6-11/h4-22,24-27,49H,2-3,23,28-29H2,1H3;5-8,20H,2-4,9-10H2,1H3/i1D3,2D2,3D2,23D,29D;1D3,2D2,3D2,4D,10D. The maximum atomic E-state index is 10.3. The lowest BCUT2D eigenvalue weighted by Crippen LogP contribution is -2.39. The van der Waals surface area contributed by atoms with Gasteiger partial charge in [-0.3, -0.25) is 0 Å². The van der Waals surface area contributed by atoms with Gasteiger partial charge in [-0.05, 0) is 69.0 Å². The summed E-state index contributed by atoms with van der Waals surface area (Å²) in [7, 11) is 0. The molecule has 9 rings (SSSR count). The van der Waals surface area contributed by atoms with Crippen LogP contribution in [-0.2, 0) is 44.6 Å². The van der Waals surface area contributed by atoms with Crippen molar-refractivity contribution < 1.29 is 34.9 Å². The van der Waals surface area contributed by atoms with Crippen LogP contribution in [0, 0.1) is 0 Å². The lowest BCUT2D eigenvalue weighted by Gasteiger charge is -2.34.